The quantitative estimate of drug-likeness (QED) is 0.301. The zero-order valence-corrected chi connectivity index (χ0v) is 25.4. The number of hydrogen-bond acceptors (Lipinski definition) is 4. The fraction of sp³-hybridized carbons (Fsp3) is 0.286. The van der Waals surface area contributed by atoms with E-state index in [1.54, 1.807) is 39.0 Å². The Morgan fingerprint density at radius 1 is 0.950 bits per heavy atom. The van der Waals surface area contributed by atoms with Crippen LogP contribution in [0.4, 0.5) is 10.1 Å². The average Bonchev–Trinajstić information content (AvgIpc) is 2.87. The predicted octanol–water partition coefficient (Wildman–Crippen LogP) is 6.31. The molecule has 0 saturated heterocycles. The van der Waals surface area contributed by atoms with Gasteiger partial charge in [-0.05, 0) is 75.7 Å². The largest absolute Gasteiger partial charge is 0.350 e. The molecule has 0 heterocycles. The monoisotopic (exact) mass is 627 g/mol. The van der Waals surface area contributed by atoms with E-state index in [9.17, 15) is 22.4 Å². The standard InChI is InChI=1S/C28H29Cl3FN3O4S/c1-18(27(37)33-28(2,3)4)34(16-19-10-11-20(29)14-23(19)30)26(36)17-35(21-12-13-25(32)24(31)15-21)40(38,39)22-8-6-5-7-9-22/h5-15,18H,16-17H2,1-4H3,(H,33,37)/t18-/m0/s1. The highest BCUT2D eigenvalue weighted by molar-refractivity contribution is 7.92. The van der Waals surface area contributed by atoms with E-state index in [0.29, 0.717) is 10.6 Å². The summed E-state index contributed by atoms with van der Waals surface area (Å²) in [6.07, 6.45) is 0. The van der Waals surface area contributed by atoms with Crippen LogP contribution in [0.25, 0.3) is 0 Å². The Hall–Kier alpha value is -2.85. The van der Waals surface area contributed by atoms with Gasteiger partial charge in [0.15, 0.2) is 0 Å². The molecule has 0 aliphatic rings. The summed E-state index contributed by atoms with van der Waals surface area (Å²) < 4.78 is 42.3. The molecule has 2 amide bonds. The van der Waals surface area contributed by atoms with Gasteiger partial charge in [0.05, 0.1) is 15.6 Å². The number of benzene rings is 3. The Morgan fingerprint density at radius 3 is 2.17 bits per heavy atom. The molecular weight excluding hydrogens is 600 g/mol. The third-order valence-electron chi connectivity index (χ3n) is 5.82. The molecule has 0 saturated carbocycles. The summed E-state index contributed by atoms with van der Waals surface area (Å²) >= 11 is 18.4. The maximum Gasteiger partial charge on any atom is 0.264 e. The lowest BCUT2D eigenvalue weighted by molar-refractivity contribution is -0.140. The predicted molar refractivity (Wildman–Crippen MR) is 157 cm³/mol. The van der Waals surface area contributed by atoms with Crippen molar-refractivity contribution in [1.29, 1.82) is 0 Å². The van der Waals surface area contributed by atoms with Crippen LogP contribution in [0.5, 0.6) is 0 Å². The maximum absolute atomic E-state index is 14.0. The van der Waals surface area contributed by atoms with E-state index in [-0.39, 0.29) is 27.2 Å². The number of carbonyl (C=O) groups is 2. The highest BCUT2D eigenvalue weighted by Gasteiger charge is 2.33. The smallest absolute Gasteiger partial charge is 0.264 e. The Balaban J connectivity index is 2.07. The number of nitrogens with one attached hydrogen (secondary N) is 1. The summed E-state index contributed by atoms with van der Waals surface area (Å²) in [5.41, 5.74) is -0.122. The summed E-state index contributed by atoms with van der Waals surface area (Å²) in [7, 11) is -4.31. The van der Waals surface area contributed by atoms with Crippen LogP contribution in [0.1, 0.15) is 33.3 Å². The van der Waals surface area contributed by atoms with Crippen molar-refractivity contribution in [1.82, 2.24) is 10.2 Å². The van der Waals surface area contributed by atoms with Crippen LogP contribution in [0.2, 0.25) is 15.1 Å². The minimum Gasteiger partial charge on any atom is -0.350 e. The normalized spacial score (nSPS) is 12.5. The van der Waals surface area contributed by atoms with E-state index < -0.39 is 45.8 Å². The van der Waals surface area contributed by atoms with Crippen LogP contribution in [0.15, 0.2) is 71.6 Å². The maximum atomic E-state index is 14.0. The van der Waals surface area contributed by atoms with Crippen LogP contribution >= 0.6 is 34.8 Å². The van der Waals surface area contributed by atoms with E-state index in [2.05, 4.69) is 5.32 Å². The molecule has 7 nitrogen and oxygen atoms in total. The number of carbonyl (C=O) groups excluding carboxylic acids is 2. The van der Waals surface area contributed by atoms with Gasteiger partial charge in [0.2, 0.25) is 11.8 Å². The van der Waals surface area contributed by atoms with Crippen LogP contribution in [-0.2, 0) is 26.2 Å². The fourth-order valence-electron chi connectivity index (χ4n) is 3.78. The van der Waals surface area contributed by atoms with Gasteiger partial charge in [-0.2, -0.15) is 0 Å². The van der Waals surface area contributed by atoms with Crippen LogP contribution in [0, 0.1) is 5.82 Å². The van der Waals surface area contributed by atoms with Gasteiger partial charge in [-0.25, -0.2) is 12.8 Å². The Morgan fingerprint density at radius 2 is 1.60 bits per heavy atom. The Labute approximate surface area is 248 Å². The third-order valence-corrected chi connectivity index (χ3v) is 8.49. The lowest BCUT2D eigenvalue weighted by atomic mass is 10.1. The third kappa shape index (κ3) is 7.87. The second-order valence-electron chi connectivity index (χ2n) is 10.1. The van der Waals surface area contributed by atoms with Crippen molar-refractivity contribution >= 4 is 62.3 Å². The van der Waals surface area contributed by atoms with Crippen molar-refractivity contribution in [3.8, 4) is 0 Å². The molecule has 0 bridgehead atoms. The van der Waals surface area contributed by atoms with Gasteiger partial charge in [-0.3, -0.25) is 13.9 Å². The van der Waals surface area contributed by atoms with Crippen LogP contribution in [-0.4, -0.2) is 43.3 Å². The van der Waals surface area contributed by atoms with Crippen LogP contribution < -0.4 is 9.62 Å². The van der Waals surface area contributed by atoms with Crippen molar-refractivity contribution in [2.45, 2.75) is 50.7 Å². The molecule has 40 heavy (non-hydrogen) atoms. The van der Waals surface area contributed by atoms with E-state index >= 15 is 0 Å². The van der Waals surface area contributed by atoms with Crippen LogP contribution in [0.3, 0.4) is 0 Å². The first kappa shape index (κ1) is 31.7. The Bertz CT molecular complexity index is 1500. The molecule has 0 spiro atoms. The zero-order chi connectivity index (χ0) is 29.8. The van der Waals surface area contributed by atoms with Gasteiger partial charge in [-0.1, -0.05) is 59.1 Å². The van der Waals surface area contributed by atoms with Gasteiger partial charge in [0.1, 0.15) is 18.4 Å². The molecule has 12 heteroatoms. The zero-order valence-electron chi connectivity index (χ0n) is 22.3. The summed E-state index contributed by atoms with van der Waals surface area (Å²) in [6, 6.07) is 14.5. The number of amides is 2. The first-order chi connectivity index (χ1) is 18.6. The molecule has 0 aliphatic heterocycles. The molecule has 3 rings (SSSR count). The molecule has 0 fully saturated rings. The summed E-state index contributed by atoms with van der Waals surface area (Å²) in [6.45, 7) is 6.10. The van der Waals surface area contributed by atoms with Gasteiger partial charge in [0, 0.05) is 22.1 Å². The lowest BCUT2D eigenvalue weighted by Gasteiger charge is -2.33. The van der Waals surface area contributed by atoms with E-state index in [4.69, 9.17) is 34.8 Å². The average molecular weight is 629 g/mol. The molecule has 1 N–H and O–H groups in total. The van der Waals surface area contributed by atoms with Crippen molar-refractivity contribution in [2.24, 2.45) is 0 Å². The number of hydrogen-bond donors (Lipinski definition) is 1. The SMILES string of the molecule is C[C@@H](C(=O)NC(C)(C)C)N(Cc1ccc(Cl)cc1Cl)C(=O)CN(c1ccc(F)c(Cl)c1)S(=O)(=O)c1ccccc1. The number of rotatable bonds is 9. The molecule has 1 atom stereocenters. The number of nitrogens with zero attached hydrogens (tertiary/aromatic N) is 2. The molecule has 0 unspecified atom stereocenters. The molecule has 3 aromatic carbocycles. The van der Waals surface area contributed by atoms with Gasteiger partial charge in [0.25, 0.3) is 10.0 Å². The van der Waals surface area contributed by atoms with Crippen molar-refractivity contribution < 1.29 is 22.4 Å². The first-order valence-electron chi connectivity index (χ1n) is 12.2. The van der Waals surface area contributed by atoms with E-state index in [1.165, 1.54) is 48.2 Å². The summed E-state index contributed by atoms with van der Waals surface area (Å²) in [4.78, 5) is 28.2. The fourth-order valence-corrected chi connectivity index (χ4v) is 5.85. The number of sulfonamides is 1. The van der Waals surface area contributed by atoms with Crippen molar-refractivity contribution in [3.05, 3.63) is 93.2 Å². The first-order valence-corrected chi connectivity index (χ1v) is 14.8. The molecule has 0 aromatic heterocycles. The second-order valence-corrected chi connectivity index (χ2v) is 13.2. The van der Waals surface area contributed by atoms with Crippen molar-refractivity contribution in [3.63, 3.8) is 0 Å². The summed E-state index contributed by atoms with van der Waals surface area (Å²) in [5.74, 6) is -1.91. The van der Waals surface area contributed by atoms with E-state index in [1.807, 2.05) is 0 Å². The highest BCUT2D eigenvalue weighted by Crippen LogP contribution is 2.29. The topological polar surface area (TPSA) is 86.8 Å². The summed E-state index contributed by atoms with van der Waals surface area (Å²) in [5, 5.41) is 3.18. The minimum absolute atomic E-state index is 0.0279. The Kier molecular flexibility index (Phi) is 10.1. The van der Waals surface area contributed by atoms with E-state index in [0.717, 1.165) is 16.4 Å². The minimum atomic E-state index is -4.31. The highest BCUT2D eigenvalue weighted by atomic mass is 35.5. The second kappa shape index (κ2) is 12.8. The molecule has 0 radical (unpaired) electrons. The number of anilines is 1. The van der Waals surface area contributed by atoms with Gasteiger partial charge < -0.3 is 10.2 Å². The number of halogens is 4. The molecule has 0 aliphatic carbocycles. The van der Waals surface area contributed by atoms with Crippen molar-refractivity contribution in [2.75, 3.05) is 10.8 Å². The van der Waals surface area contributed by atoms with Gasteiger partial charge >= 0.3 is 0 Å². The molecule has 3 aromatic rings. The molecular formula is C28H29Cl3FN3O4S. The molecule has 214 valence electrons. The lowest BCUT2D eigenvalue weighted by Crippen LogP contribution is -2.54. The van der Waals surface area contributed by atoms with Gasteiger partial charge in [-0.15, -0.1) is 0 Å².